The molecule has 4 heterocycles. The zero-order valence-corrected chi connectivity index (χ0v) is 20.8. The number of piperazine rings is 1. The molecule has 10 heteroatoms. The van der Waals surface area contributed by atoms with Crippen LogP contribution in [-0.2, 0) is 9.47 Å². The fourth-order valence-electron chi connectivity index (χ4n) is 4.64. The number of fused-ring (bicyclic) bond motifs is 3. The topological polar surface area (TPSA) is 90.2 Å². The van der Waals surface area contributed by atoms with E-state index in [0.29, 0.717) is 43.7 Å². The second-order valence-electron chi connectivity index (χ2n) is 9.67. The Kier molecular flexibility index (Phi) is 6.11. The van der Waals surface area contributed by atoms with Gasteiger partial charge in [0.15, 0.2) is 5.58 Å². The minimum atomic E-state index is -0.511. The highest BCUT2D eigenvalue weighted by Crippen LogP contribution is 2.39. The SMILES string of the molecule is COCCOc1cc(-c2nccs2)c2oc(N3CC4CCC(C3)N4C(=O)OC(C)(C)C)nc2c1. The Bertz CT molecular complexity index is 1140. The van der Waals surface area contributed by atoms with Crippen molar-refractivity contribution < 1.29 is 23.4 Å². The van der Waals surface area contributed by atoms with Crippen molar-refractivity contribution in [1.82, 2.24) is 14.9 Å². The molecule has 3 aromatic rings. The van der Waals surface area contributed by atoms with E-state index >= 15 is 0 Å². The number of oxazole rings is 1. The molecule has 2 bridgehead atoms. The van der Waals surface area contributed by atoms with Crippen LogP contribution in [-0.4, -0.2) is 72.1 Å². The molecule has 0 saturated carbocycles. The van der Waals surface area contributed by atoms with Gasteiger partial charge in [0, 0.05) is 37.8 Å². The van der Waals surface area contributed by atoms with Crippen LogP contribution in [0.5, 0.6) is 5.75 Å². The van der Waals surface area contributed by atoms with Gasteiger partial charge in [0.2, 0.25) is 0 Å². The summed E-state index contributed by atoms with van der Waals surface area (Å²) in [7, 11) is 1.65. The molecule has 5 rings (SSSR count). The maximum Gasteiger partial charge on any atom is 0.410 e. The standard InChI is InChI=1S/C24H30N4O5S/c1-24(2,3)33-23(29)28-15-5-6-16(28)14-27(13-15)22-26-19-12-17(31-9-8-30-4)11-18(20(19)32-22)21-25-7-10-34-21/h7,10-12,15-16H,5-6,8-9,13-14H2,1-4H3. The molecule has 2 aliphatic heterocycles. The summed E-state index contributed by atoms with van der Waals surface area (Å²) in [6.07, 6.45) is 3.43. The third-order valence-corrected chi connectivity index (χ3v) is 6.83. The summed E-state index contributed by atoms with van der Waals surface area (Å²) in [6, 6.07) is 4.55. The summed E-state index contributed by atoms with van der Waals surface area (Å²) in [4.78, 5) is 26.1. The predicted octanol–water partition coefficient (Wildman–Crippen LogP) is 4.56. The number of carbonyl (C=O) groups is 1. The number of amides is 1. The third kappa shape index (κ3) is 4.56. The monoisotopic (exact) mass is 486 g/mol. The van der Waals surface area contributed by atoms with Crippen LogP contribution in [0.4, 0.5) is 10.8 Å². The number of anilines is 1. The average Bonchev–Trinajstić information content (AvgIpc) is 3.50. The molecule has 34 heavy (non-hydrogen) atoms. The maximum absolute atomic E-state index is 12.8. The fraction of sp³-hybridized carbons (Fsp3) is 0.542. The average molecular weight is 487 g/mol. The Labute approximate surface area is 202 Å². The highest BCUT2D eigenvalue weighted by Gasteiger charge is 2.45. The number of hydrogen-bond donors (Lipinski definition) is 0. The van der Waals surface area contributed by atoms with Crippen molar-refractivity contribution in [2.24, 2.45) is 0 Å². The quantitative estimate of drug-likeness (QED) is 0.468. The second kappa shape index (κ2) is 9.07. The van der Waals surface area contributed by atoms with E-state index in [1.54, 1.807) is 24.6 Å². The molecule has 9 nitrogen and oxygen atoms in total. The van der Waals surface area contributed by atoms with E-state index in [9.17, 15) is 4.79 Å². The first-order valence-electron chi connectivity index (χ1n) is 11.5. The third-order valence-electron chi connectivity index (χ3n) is 6.03. The molecule has 2 atom stereocenters. The molecular weight excluding hydrogens is 456 g/mol. The second-order valence-corrected chi connectivity index (χ2v) is 10.6. The Balaban J connectivity index is 1.42. The summed E-state index contributed by atoms with van der Waals surface area (Å²) >= 11 is 1.54. The van der Waals surface area contributed by atoms with Gasteiger partial charge in [0.1, 0.15) is 28.5 Å². The first-order chi connectivity index (χ1) is 16.3. The number of aromatic nitrogens is 2. The number of methoxy groups -OCH3 is 1. The molecule has 1 aromatic carbocycles. The van der Waals surface area contributed by atoms with Crippen LogP contribution in [0.2, 0.25) is 0 Å². The van der Waals surface area contributed by atoms with Gasteiger partial charge >= 0.3 is 6.09 Å². The van der Waals surface area contributed by atoms with Gasteiger partial charge in [-0.3, -0.25) is 4.90 Å². The number of ether oxygens (including phenoxy) is 3. The van der Waals surface area contributed by atoms with Crippen molar-refractivity contribution in [3.05, 3.63) is 23.7 Å². The van der Waals surface area contributed by atoms with Crippen molar-refractivity contribution in [3.8, 4) is 16.3 Å². The number of benzene rings is 1. The largest absolute Gasteiger partial charge is 0.491 e. The van der Waals surface area contributed by atoms with Crippen LogP contribution in [0.15, 0.2) is 28.1 Å². The highest BCUT2D eigenvalue weighted by atomic mass is 32.1. The fourth-order valence-corrected chi connectivity index (χ4v) is 5.29. The van der Waals surface area contributed by atoms with Crippen LogP contribution < -0.4 is 9.64 Å². The van der Waals surface area contributed by atoms with Gasteiger partial charge < -0.3 is 23.5 Å². The minimum absolute atomic E-state index is 0.0787. The van der Waals surface area contributed by atoms with E-state index in [1.807, 2.05) is 43.2 Å². The van der Waals surface area contributed by atoms with Gasteiger partial charge in [-0.25, -0.2) is 9.78 Å². The molecule has 0 radical (unpaired) electrons. The van der Waals surface area contributed by atoms with Crippen LogP contribution >= 0.6 is 11.3 Å². The summed E-state index contributed by atoms with van der Waals surface area (Å²) in [6.45, 7) is 7.95. The molecule has 2 fully saturated rings. The molecule has 0 N–H and O–H groups in total. The molecular formula is C24H30N4O5S. The number of carbonyl (C=O) groups excluding carboxylic acids is 1. The van der Waals surface area contributed by atoms with Crippen LogP contribution in [0.1, 0.15) is 33.6 Å². The first-order valence-corrected chi connectivity index (χ1v) is 12.4. The van der Waals surface area contributed by atoms with Gasteiger partial charge in [-0.2, -0.15) is 4.98 Å². The lowest BCUT2D eigenvalue weighted by Gasteiger charge is -2.40. The van der Waals surface area contributed by atoms with E-state index < -0.39 is 5.60 Å². The Hall–Kier alpha value is -2.85. The first kappa shape index (κ1) is 22.9. The smallest absolute Gasteiger partial charge is 0.410 e. The molecule has 182 valence electrons. The maximum atomic E-state index is 12.8. The van der Waals surface area contributed by atoms with Gasteiger partial charge in [-0.05, 0) is 39.7 Å². The van der Waals surface area contributed by atoms with E-state index in [1.165, 1.54) is 0 Å². The van der Waals surface area contributed by atoms with Gasteiger partial charge in [-0.1, -0.05) is 0 Å². The Morgan fingerprint density at radius 3 is 2.62 bits per heavy atom. The van der Waals surface area contributed by atoms with Gasteiger partial charge in [-0.15, -0.1) is 11.3 Å². The summed E-state index contributed by atoms with van der Waals surface area (Å²) in [5.41, 5.74) is 1.75. The number of thiazole rings is 1. The van der Waals surface area contributed by atoms with E-state index in [4.69, 9.17) is 23.6 Å². The lowest BCUT2D eigenvalue weighted by atomic mass is 10.2. The van der Waals surface area contributed by atoms with Crippen molar-refractivity contribution in [2.75, 3.05) is 38.3 Å². The molecule has 2 aromatic heterocycles. The minimum Gasteiger partial charge on any atom is -0.491 e. The number of nitrogens with zero attached hydrogens (tertiary/aromatic N) is 4. The number of hydrogen-bond acceptors (Lipinski definition) is 9. The lowest BCUT2D eigenvalue weighted by Crippen LogP contribution is -2.56. The molecule has 2 aliphatic rings. The van der Waals surface area contributed by atoms with Gasteiger partial charge in [0.25, 0.3) is 6.01 Å². The molecule has 0 aliphatic carbocycles. The molecule has 2 unspecified atom stereocenters. The summed E-state index contributed by atoms with van der Waals surface area (Å²) < 4.78 is 22.9. The van der Waals surface area contributed by atoms with Crippen molar-refractivity contribution >= 4 is 34.5 Å². The zero-order chi connectivity index (χ0) is 23.9. The van der Waals surface area contributed by atoms with Crippen molar-refractivity contribution in [2.45, 2.75) is 51.3 Å². The molecule has 0 spiro atoms. The normalized spacial score (nSPS) is 20.2. The van der Waals surface area contributed by atoms with Gasteiger partial charge in [0.05, 0.1) is 24.3 Å². The van der Waals surface area contributed by atoms with Crippen molar-refractivity contribution in [1.29, 1.82) is 0 Å². The van der Waals surface area contributed by atoms with Crippen molar-refractivity contribution in [3.63, 3.8) is 0 Å². The Morgan fingerprint density at radius 1 is 1.21 bits per heavy atom. The van der Waals surface area contributed by atoms with E-state index in [0.717, 1.165) is 28.9 Å². The molecule has 2 saturated heterocycles. The Morgan fingerprint density at radius 2 is 1.97 bits per heavy atom. The van der Waals surface area contributed by atoms with Crippen LogP contribution in [0.25, 0.3) is 21.7 Å². The molecule has 1 amide bonds. The lowest BCUT2D eigenvalue weighted by molar-refractivity contribution is 0.0120. The van der Waals surface area contributed by atoms with E-state index in [2.05, 4.69) is 9.88 Å². The van der Waals surface area contributed by atoms with Crippen LogP contribution in [0, 0.1) is 0 Å². The zero-order valence-electron chi connectivity index (χ0n) is 19.9. The summed E-state index contributed by atoms with van der Waals surface area (Å²) in [5, 5.41) is 2.78. The summed E-state index contributed by atoms with van der Waals surface area (Å²) in [5.74, 6) is 0.699. The number of rotatable bonds is 6. The van der Waals surface area contributed by atoms with E-state index in [-0.39, 0.29) is 18.2 Å². The highest BCUT2D eigenvalue weighted by molar-refractivity contribution is 7.13. The predicted molar refractivity (Wildman–Crippen MR) is 130 cm³/mol. The van der Waals surface area contributed by atoms with Crippen LogP contribution in [0.3, 0.4) is 0 Å².